The molecule has 4 heterocycles. The SMILES string of the molecule is CC(C)(C)c1ccc2c(c1)cc1c3cc4c(cc3n3c5cc6c(cc5c2c13)C1(C(F)(F)F)CCC(C(F)(F)F)(CC1)C6=O)c1cc2cc(C(C)(C)C)ccc2c2c3cc5c(cc3n4c12)C(=O)C1(C(F)(F)F)CCC5(C(F)(F)F)CC1. The summed E-state index contributed by atoms with van der Waals surface area (Å²) in [5.74, 6) is -2.80. The van der Waals surface area contributed by atoms with Crippen molar-refractivity contribution in [1.82, 2.24) is 8.80 Å². The number of carbonyl (C=O) groups excluding carboxylic acids is 2. The Balaban J connectivity index is 1.13. The third-order valence-electron chi connectivity index (χ3n) is 20.3. The van der Waals surface area contributed by atoms with Gasteiger partial charge in [0.2, 0.25) is 0 Å². The van der Waals surface area contributed by atoms with Crippen LogP contribution in [0.1, 0.15) is 136 Å². The predicted octanol–water partition coefficient (Wildman–Crippen LogP) is 19.1. The van der Waals surface area contributed by atoms with Gasteiger partial charge >= 0.3 is 24.7 Å². The summed E-state index contributed by atoms with van der Waals surface area (Å²) in [7, 11) is 0. The van der Waals surface area contributed by atoms with E-state index in [1.54, 1.807) is 8.80 Å². The van der Waals surface area contributed by atoms with Gasteiger partial charge in [-0.25, -0.2) is 0 Å². The zero-order chi connectivity index (χ0) is 56.7. The van der Waals surface area contributed by atoms with Crippen LogP contribution >= 0.6 is 0 Å². The van der Waals surface area contributed by atoms with Crippen LogP contribution in [-0.2, 0) is 21.7 Å². The molecule has 0 saturated heterocycles. The molecule has 4 bridgehead atoms. The highest BCUT2D eigenvalue weighted by Gasteiger charge is 2.72. The van der Waals surface area contributed by atoms with Gasteiger partial charge in [-0.05, 0) is 155 Å². The molecule has 7 aromatic carbocycles. The van der Waals surface area contributed by atoms with Crippen LogP contribution in [0.2, 0.25) is 0 Å². The molecule has 6 aliphatic rings. The van der Waals surface area contributed by atoms with E-state index in [0.29, 0.717) is 86.7 Å². The third-order valence-corrected chi connectivity index (χ3v) is 20.3. The van der Waals surface area contributed by atoms with Gasteiger partial charge in [0.05, 0.1) is 43.9 Å². The van der Waals surface area contributed by atoms with E-state index in [2.05, 4.69) is 0 Å². The summed E-state index contributed by atoms with van der Waals surface area (Å²) in [5, 5.41) is 6.68. The number of hydrogen-bond acceptors (Lipinski definition) is 2. The van der Waals surface area contributed by atoms with E-state index in [1.807, 2.05) is 102 Å². The molecule has 0 aliphatic heterocycles. The average Bonchev–Trinajstić information content (AvgIpc) is 4.06. The number of halogens is 12. The first-order valence-corrected chi connectivity index (χ1v) is 26.9. The first-order chi connectivity index (χ1) is 37.2. The third kappa shape index (κ3) is 5.73. The number of hydrogen-bond donors (Lipinski definition) is 0. The van der Waals surface area contributed by atoms with Gasteiger partial charge in [-0.2, -0.15) is 52.7 Å². The lowest BCUT2D eigenvalue weighted by Crippen LogP contribution is -2.51. The Bertz CT molecular complexity index is 4370. The van der Waals surface area contributed by atoms with E-state index in [1.165, 1.54) is 24.3 Å². The fraction of sp³-hybridized carbons (Fsp3) is 0.375. The Hall–Kier alpha value is -6.84. The van der Waals surface area contributed by atoms with Gasteiger partial charge in [-0.1, -0.05) is 77.9 Å². The number of aromatic nitrogens is 2. The van der Waals surface area contributed by atoms with E-state index >= 15 is 52.7 Å². The van der Waals surface area contributed by atoms with Gasteiger partial charge < -0.3 is 8.80 Å². The lowest BCUT2D eigenvalue weighted by Gasteiger charge is -2.43. The number of carbonyl (C=O) groups is 2. The van der Waals surface area contributed by atoms with Crippen LogP contribution < -0.4 is 0 Å². The van der Waals surface area contributed by atoms with Crippen LogP contribution in [0.15, 0.2) is 84.9 Å². The van der Waals surface area contributed by atoms with E-state index in [9.17, 15) is 9.59 Å². The maximum atomic E-state index is 15.8. The number of ketones is 2. The van der Waals surface area contributed by atoms with Gasteiger partial charge in [0.15, 0.2) is 11.6 Å². The molecule has 4 aromatic heterocycles. The Morgan fingerprint density at radius 3 is 0.975 bits per heavy atom. The van der Waals surface area contributed by atoms with Crippen LogP contribution in [0, 0.1) is 10.8 Å². The maximum Gasteiger partial charge on any atom is 0.401 e. The largest absolute Gasteiger partial charge is 0.401 e. The normalized spacial score (nSPS) is 24.5. The van der Waals surface area contributed by atoms with Crippen molar-refractivity contribution in [2.24, 2.45) is 10.8 Å². The Morgan fingerprint density at radius 1 is 0.350 bits per heavy atom. The van der Waals surface area contributed by atoms with Crippen LogP contribution in [0.5, 0.6) is 0 Å². The van der Waals surface area contributed by atoms with E-state index in [4.69, 9.17) is 0 Å². The van der Waals surface area contributed by atoms with E-state index in [0.717, 1.165) is 11.1 Å². The molecule has 0 unspecified atom stereocenters. The van der Waals surface area contributed by atoms with Gasteiger partial charge in [-0.15, -0.1) is 0 Å². The van der Waals surface area contributed by atoms with Gasteiger partial charge in [-0.3, -0.25) is 9.59 Å². The van der Waals surface area contributed by atoms with Crippen molar-refractivity contribution in [3.63, 3.8) is 0 Å². The second kappa shape index (κ2) is 14.4. The standard InChI is InChI=1S/C64H48F12N2O2/c1-55(2,3)31-7-9-33-29(19-31)21-37-35-25-46-36(26-45(35)77-47-27-39-43(23-41(47)49(33)51(37)77)57(61(65,66)67)11-15-59(16-12-57,53(39)79)63(71,72)73)38-22-30-20-32(56(4,5)6)8-10-34(30)50-42-24-44-40(28-48(42)78(46)52(38)50)54(80)60(64(74,75)76)17-13-58(44,14-18-60)62(68,69)70/h7-10,19-28H,11-18H2,1-6H3. The molecule has 410 valence electrons. The van der Waals surface area contributed by atoms with Crippen molar-refractivity contribution < 1.29 is 62.3 Å². The fourth-order valence-corrected chi connectivity index (χ4v) is 15.8. The Morgan fingerprint density at radius 2 is 0.662 bits per heavy atom. The lowest BCUT2D eigenvalue weighted by atomic mass is 9.63. The zero-order valence-corrected chi connectivity index (χ0v) is 44.0. The minimum atomic E-state index is -5.15. The molecular formula is C64H48F12N2O2. The number of alkyl halides is 12. The van der Waals surface area contributed by atoms with Crippen molar-refractivity contribution in [3.05, 3.63) is 118 Å². The number of nitrogens with zero attached hydrogens (tertiary/aromatic N) is 2. The molecule has 80 heavy (non-hydrogen) atoms. The topological polar surface area (TPSA) is 43.0 Å². The first kappa shape index (κ1) is 50.1. The molecule has 6 aliphatic carbocycles. The second-order valence-corrected chi connectivity index (χ2v) is 26.0. The van der Waals surface area contributed by atoms with Crippen LogP contribution in [0.3, 0.4) is 0 Å². The first-order valence-electron chi connectivity index (χ1n) is 26.9. The van der Waals surface area contributed by atoms with Crippen molar-refractivity contribution in [1.29, 1.82) is 0 Å². The van der Waals surface area contributed by atoms with Crippen molar-refractivity contribution >= 4 is 109 Å². The monoisotopic (exact) mass is 1100 g/mol. The fourth-order valence-electron chi connectivity index (χ4n) is 15.8. The summed E-state index contributed by atoms with van der Waals surface area (Å²) in [5.41, 5.74) is -10.2. The lowest BCUT2D eigenvalue weighted by molar-refractivity contribution is -0.240. The second-order valence-electron chi connectivity index (χ2n) is 26.0. The Kier molecular flexibility index (Phi) is 9.04. The van der Waals surface area contributed by atoms with Gasteiger partial charge in [0.1, 0.15) is 10.8 Å². The predicted molar refractivity (Wildman–Crippen MR) is 286 cm³/mol. The molecule has 4 nitrogen and oxygen atoms in total. The average molecular weight is 1110 g/mol. The molecule has 2 fully saturated rings. The highest BCUT2D eigenvalue weighted by Crippen LogP contribution is 2.66. The van der Waals surface area contributed by atoms with Crippen LogP contribution in [-0.4, -0.2) is 45.1 Å². The Labute approximate surface area is 447 Å². The maximum absolute atomic E-state index is 15.8. The summed E-state index contributed by atoms with van der Waals surface area (Å²) in [6, 6.07) is 24.3. The van der Waals surface area contributed by atoms with Gasteiger partial charge in [0, 0.05) is 54.2 Å². The molecule has 0 amide bonds. The zero-order valence-electron chi connectivity index (χ0n) is 44.0. The molecule has 2 saturated carbocycles. The summed E-state index contributed by atoms with van der Waals surface area (Å²) < 4.78 is 190. The van der Waals surface area contributed by atoms with E-state index in [-0.39, 0.29) is 21.9 Å². The van der Waals surface area contributed by atoms with E-state index < -0.39 is 132 Å². The number of rotatable bonds is 0. The highest BCUT2D eigenvalue weighted by molar-refractivity contribution is 6.36. The highest BCUT2D eigenvalue weighted by atomic mass is 19.4. The summed E-state index contributed by atoms with van der Waals surface area (Å²) in [6.45, 7) is 12.2. The number of benzene rings is 7. The van der Waals surface area contributed by atoms with Crippen LogP contribution in [0.25, 0.3) is 97.7 Å². The van der Waals surface area contributed by atoms with Crippen LogP contribution in [0.4, 0.5) is 52.7 Å². The molecule has 0 radical (unpaired) electrons. The molecule has 0 atom stereocenters. The molecule has 17 rings (SSSR count). The number of fused-ring (bicyclic) bond motifs is 20. The smallest absolute Gasteiger partial charge is 0.308 e. The van der Waals surface area contributed by atoms with Crippen molar-refractivity contribution in [2.75, 3.05) is 0 Å². The minimum absolute atomic E-state index is 0.213. The summed E-state index contributed by atoms with van der Waals surface area (Å²) in [6.07, 6.45) is -28.1. The molecule has 0 spiro atoms. The summed E-state index contributed by atoms with van der Waals surface area (Å²) >= 11 is 0. The number of Topliss-reactive ketones (excluding diaryl/α,β-unsaturated/α-hetero) is 2. The molecule has 16 heteroatoms. The quantitative estimate of drug-likeness (QED) is 0.142. The van der Waals surface area contributed by atoms with Crippen molar-refractivity contribution in [2.45, 2.75) is 139 Å². The van der Waals surface area contributed by atoms with Gasteiger partial charge in [0.25, 0.3) is 0 Å². The molecule has 0 N–H and O–H groups in total. The van der Waals surface area contributed by atoms with Crippen molar-refractivity contribution in [3.8, 4) is 0 Å². The molecule has 11 aromatic rings. The summed E-state index contributed by atoms with van der Waals surface area (Å²) in [4.78, 5) is 29.4. The molecular weight excluding hydrogens is 1060 g/mol. The minimum Gasteiger partial charge on any atom is -0.308 e.